The monoisotopic (exact) mass is 390 g/mol. The lowest BCUT2D eigenvalue weighted by atomic mass is 10.1. The Morgan fingerprint density at radius 3 is 2.42 bits per heavy atom. The van der Waals surface area contributed by atoms with E-state index in [9.17, 15) is 19.7 Å². The van der Waals surface area contributed by atoms with Crippen LogP contribution in [0.1, 0.15) is 28.8 Å². The first-order valence-corrected chi connectivity index (χ1v) is 8.00. The predicted octanol–water partition coefficient (Wildman–Crippen LogP) is 4.27. The van der Waals surface area contributed by atoms with E-state index in [1.807, 2.05) is 0 Å². The van der Waals surface area contributed by atoms with Gasteiger partial charge in [0.25, 0.3) is 5.69 Å². The quantitative estimate of drug-likeness (QED) is 0.453. The van der Waals surface area contributed by atoms with Crippen LogP contribution in [0.4, 0.5) is 11.4 Å². The standard InChI is InChI=1S/C17H15BrN2O4/c1-11-14(3-2-4-15(11)20(23)24)19-17(22)10-9-16(21)12-5-7-13(18)8-6-12/h2-8H,9-10H2,1H3,(H,19,22). The summed E-state index contributed by atoms with van der Waals surface area (Å²) in [5.41, 5.74) is 1.25. The number of nitrogens with zero attached hydrogens (tertiary/aromatic N) is 1. The highest BCUT2D eigenvalue weighted by atomic mass is 79.9. The molecule has 2 aromatic carbocycles. The summed E-state index contributed by atoms with van der Waals surface area (Å²) in [6, 6.07) is 11.4. The van der Waals surface area contributed by atoms with E-state index < -0.39 is 4.92 Å². The van der Waals surface area contributed by atoms with E-state index in [4.69, 9.17) is 0 Å². The zero-order valence-corrected chi connectivity index (χ0v) is 14.5. The van der Waals surface area contributed by atoms with Crippen molar-refractivity contribution in [3.8, 4) is 0 Å². The van der Waals surface area contributed by atoms with Crippen LogP contribution >= 0.6 is 15.9 Å². The number of nitro benzene ring substituents is 1. The number of anilines is 1. The van der Waals surface area contributed by atoms with Gasteiger partial charge < -0.3 is 5.32 Å². The Kier molecular flexibility index (Phi) is 5.81. The van der Waals surface area contributed by atoms with Crippen molar-refractivity contribution in [1.82, 2.24) is 0 Å². The molecule has 0 fully saturated rings. The fourth-order valence-corrected chi connectivity index (χ4v) is 2.44. The number of nitrogens with one attached hydrogen (secondary N) is 1. The van der Waals surface area contributed by atoms with Gasteiger partial charge in [-0.15, -0.1) is 0 Å². The molecule has 0 saturated carbocycles. The first-order chi connectivity index (χ1) is 11.4. The van der Waals surface area contributed by atoms with Crippen molar-refractivity contribution >= 4 is 39.0 Å². The number of carbonyl (C=O) groups excluding carboxylic acids is 2. The molecule has 0 radical (unpaired) electrons. The molecule has 0 saturated heterocycles. The van der Waals surface area contributed by atoms with Crippen LogP contribution in [-0.2, 0) is 4.79 Å². The van der Waals surface area contributed by atoms with Gasteiger partial charge in [-0.2, -0.15) is 0 Å². The molecule has 2 rings (SSSR count). The van der Waals surface area contributed by atoms with E-state index in [1.165, 1.54) is 12.1 Å². The van der Waals surface area contributed by atoms with Crippen LogP contribution in [0.15, 0.2) is 46.9 Å². The lowest BCUT2D eigenvalue weighted by Gasteiger charge is -2.08. The first kappa shape index (κ1) is 17.8. The number of nitro groups is 1. The second kappa shape index (κ2) is 7.83. The Morgan fingerprint density at radius 1 is 1.12 bits per heavy atom. The minimum absolute atomic E-state index is 0.0109. The fourth-order valence-electron chi connectivity index (χ4n) is 2.18. The Morgan fingerprint density at radius 2 is 1.79 bits per heavy atom. The molecule has 0 aliphatic rings. The van der Waals surface area contributed by atoms with Gasteiger partial charge in [0.15, 0.2) is 5.78 Å². The highest BCUT2D eigenvalue weighted by Crippen LogP contribution is 2.25. The summed E-state index contributed by atoms with van der Waals surface area (Å²) in [5.74, 6) is -0.488. The maximum atomic E-state index is 12.0. The molecule has 0 aromatic heterocycles. The Labute approximate surface area is 147 Å². The number of rotatable bonds is 6. The molecule has 1 amide bonds. The van der Waals surface area contributed by atoms with E-state index in [0.29, 0.717) is 16.8 Å². The molecular weight excluding hydrogens is 376 g/mol. The summed E-state index contributed by atoms with van der Waals surface area (Å²) in [5, 5.41) is 13.5. The van der Waals surface area contributed by atoms with E-state index >= 15 is 0 Å². The number of amides is 1. The maximum absolute atomic E-state index is 12.0. The zero-order chi connectivity index (χ0) is 17.7. The lowest BCUT2D eigenvalue weighted by Crippen LogP contribution is -2.14. The van der Waals surface area contributed by atoms with Crippen LogP contribution in [0.2, 0.25) is 0 Å². The van der Waals surface area contributed by atoms with Gasteiger partial charge in [-0.1, -0.05) is 34.1 Å². The third-order valence-corrected chi connectivity index (χ3v) is 4.05. The fraction of sp³-hybridized carbons (Fsp3) is 0.176. The Hall–Kier alpha value is -2.54. The third kappa shape index (κ3) is 4.48. The van der Waals surface area contributed by atoms with Crippen LogP contribution in [0, 0.1) is 17.0 Å². The number of Topliss-reactive ketones (excluding diaryl/α,β-unsaturated/α-hetero) is 1. The highest BCUT2D eigenvalue weighted by Gasteiger charge is 2.15. The van der Waals surface area contributed by atoms with E-state index in [2.05, 4.69) is 21.2 Å². The van der Waals surface area contributed by atoms with Crippen molar-refractivity contribution in [2.24, 2.45) is 0 Å². The summed E-state index contributed by atoms with van der Waals surface area (Å²) in [7, 11) is 0. The van der Waals surface area contributed by atoms with Crippen molar-refractivity contribution in [2.75, 3.05) is 5.32 Å². The van der Waals surface area contributed by atoms with Crippen LogP contribution in [-0.4, -0.2) is 16.6 Å². The number of carbonyl (C=O) groups is 2. The number of benzene rings is 2. The first-order valence-electron chi connectivity index (χ1n) is 7.21. The summed E-state index contributed by atoms with van der Waals surface area (Å²) in [6.45, 7) is 1.57. The van der Waals surface area contributed by atoms with Gasteiger partial charge >= 0.3 is 0 Å². The average Bonchev–Trinajstić information content (AvgIpc) is 2.55. The summed E-state index contributed by atoms with van der Waals surface area (Å²) < 4.78 is 0.873. The summed E-state index contributed by atoms with van der Waals surface area (Å²) in [6.07, 6.45) is 0.0818. The summed E-state index contributed by atoms with van der Waals surface area (Å²) >= 11 is 3.29. The van der Waals surface area contributed by atoms with Gasteiger partial charge in [0.05, 0.1) is 16.2 Å². The lowest BCUT2D eigenvalue weighted by molar-refractivity contribution is -0.385. The van der Waals surface area contributed by atoms with E-state index in [-0.39, 0.29) is 30.2 Å². The number of ketones is 1. The normalized spacial score (nSPS) is 10.2. The molecule has 0 aliphatic carbocycles. The summed E-state index contributed by atoms with van der Waals surface area (Å²) in [4.78, 5) is 34.4. The van der Waals surface area contributed by atoms with Gasteiger partial charge in [0.1, 0.15) is 0 Å². The van der Waals surface area contributed by atoms with Gasteiger partial charge in [0.2, 0.25) is 5.91 Å². The van der Waals surface area contributed by atoms with Gasteiger partial charge in [-0.25, -0.2) is 0 Å². The predicted molar refractivity (Wildman–Crippen MR) is 94.2 cm³/mol. The van der Waals surface area contributed by atoms with Gasteiger partial charge in [0, 0.05) is 28.9 Å². The highest BCUT2D eigenvalue weighted by molar-refractivity contribution is 9.10. The van der Waals surface area contributed by atoms with Gasteiger partial charge in [-0.05, 0) is 25.1 Å². The van der Waals surface area contributed by atoms with Crippen molar-refractivity contribution in [2.45, 2.75) is 19.8 Å². The largest absolute Gasteiger partial charge is 0.326 e. The van der Waals surface area contributed by atoms with Crippen molar-refractivity contribution < 1.29 is 14.5 Å². The molecule has 24 heavy (non-hydrogen) atoms. The molecule has 0 atom stereocenters. The van der Waals surface area contributed by atoms with Crippen LogP contribution < -0.4 is 5.32 Å². The third-order valence-electron chi connectivity index (χ3n) is 3.52. The Bertz CT molecular complexity index is 788. The maximum Gasteiger partial charge on any atom is 0.274 e. The minimum atomic E-state index is -0.498. The molecule has 7 heteroatoms. The van der Waals surface area contributed by atoms with Crippen molar-refractivity contribution in [3.63, 3.8) is 0 Å². The van der Waals surface area contributed by atoms with Gasteiger partial charge in [-0.3, -0.25) is 19.7 Å². The van der Waals surface area contributed by atoms with Crippen LogP contribution in [0.25, 0.3) is 0 Å². The zero-order valence-electron chi connectivity index (χ0n) is 12.9. The van der Waals surface area contributed by atoms with Crippen LogP contribution in [0.5, 0.6) is 0 Å². The molecule has 0 bridgehead atoms. The van der Waals surface area contributed by atoms with Crippen molar-refractivity contribution in [3.05, 3.63) is 68.2 Å². The van der Waals surface area contributed by atoms with E-state index in [1.54, 1.807) is 37.3 Å². The second-order valence-corrected chi connectivity index (χ2v) is 6.10. The molecule has 0 heterocycles. The molecule has 6 nitrogen and oxygen atoms in total. The minimum Gasteiger partial charge on any atom is -0.326 e. The second-order valence-electron chi connectivity index (χ2n) is 5.19. The number of halogens is 1. The average molecular weight is 391 g/mol. The molecule has 0 spiro atoms. The SMILES string of the molecule is Cc1c(NC(=O)CCC(=O)c2ccc(Br)cc2)cccc1[N+](=O)[O-]. The smallest absolute Gasteiger partial charge is 0.274 e. The number of hydrogen-bond acceptors (Lipinski definition) is 4. The van der Waals surface area contributed by atoms with E-state index in [0.717, 1.165) is 4.47 Å². The van der Waals surface area contributed by atoms with Crippen molar-refractivity contribution in [1.29, 1.82) is 0 Å². The molecule has 0 aliphatic heterocycles. The molecule has 0 unspecified atom stereocenters. The molecule has 124 valence electrons. The van der Waals surface area contributed by atoms with Crippen LogP contribution in [0.3, 0.4) is 0 Å². The molecule has 1 N–H and O–H groups in total. The Balaban J connectivity index is 1.96. The molecule has 2 aromatic rings. The number of hydrogen-bond donors (Lipinski definition) is 1. The topological polar surface area (TPSA) is 89.3 Å². The molecular formula is C17H15BrN2O4.